The number of hydrogen-bond donors (Lipinski definition) is 0. The SMILES string of the molecule is N#Cc1c(F)cccc1S(=O)(=O)c1ccccc1Br. The van der Waals surface area contributed by atoms with Crippen molar-refractivity contribution < 1.29 is 12.8 Å². The monoisotopic (exact) mass is 339 g/mol. The third-order valence-corrected chi connectivity index (χ3v) is 5.31. The molecule has 0 unspecified atom stereocenters. The summed E-state index contributed by atoms with van der Waals surface area (Å²) >= 11 is 3.14. The van der Waals surface area contributed by atoms with Gasteiger partial charge >= 0.3 is 0 Å². The molecule has 6 heteroatoms. The van der Waals surface area contributed by atoms with Gasteiger partial charge in [-0.05, 0) is 40.2 Å². The van der Waals surface area contributed by atoms with Crippen LogP contribution in [0.25, 0.3) is 0 Å². The van der Waals surface area contributed by atoms with E-state index < -0.39 is 21.2 Å². The van der Waals surface area contributed by atoms with E-state index in [1.165, 1.54) is 18.2 Å². The molecule has 0 aromatic heterocycles. The van der Waals surface area contributed by atoms with Crippen molar-refractivity contribution in [2.75, 3.05) is 0 Å². The minimum atomic E-state index is -3.94. The van der Waals surface area contributed by atoms with Crippen molar-refractivity contribution in [3.8, 4) is 6.07 Å². The van der Waals surface area contributed by atoms with Crippen LogP contribution in [0.2, 0.25) is 0 Å². The van der Waals surface area contributed by atoms with E-state index in [0.717, 1.165) is 6.07 Å². The van der Waals surface area contributed by atoms with Crippen molar-refractivity contribution in [1.82, 2.24) is 0 Å². The van der Waals surface area contributed by atoms with E-state index >= 15 is 0 Å². The van der Waals surface area contributed by atoms with Crippen LogP contribution in [-0.4, -0.2) is 8.42 Å². The molecular formula is C13H7BrFNO2S. The molecule has 2 rings (SSSR count). The van der Waals surface area contributed by atoms with Gasteiger partial charge in [0.2, 0.25) is 9.84 Å². The minimum absolute atomic E-state index is 0.00269. The molecular weight excluding hydrogens is 333 g/mol. The molecule has 2 aromatic rings. The van der Waals surface area contributed by atoms with Crippen LogP contribution in [0.3, 0.4) is 0 Å². The summed E-state index contributed by atoms with van der Waals surface area (Å²) in [7, 11) is -3.94. The highest BCUT2D eigenvalue weighted by Crippen LogP contribution is 2.30. The van der Waals surface area contributed by atoms with Gasteiger partial charge in [-0.25, -0.2) is 12.8 Å². The highest BCUT2D eigenvalue weighted by Gasteiger charge is 2.25. The fraction of sp³-hybridized carbons (Fsp3) is 0. The second-order valence-electron chi connectivity index (χ2n) is 3.66. The van der Waals surface area contributed by atoms with E-state index in [9.17, 15) is 12.8 Å². The molecule has 0 N–H and O–H groups in total. The number of sulfone groups is 1. The molecule has 0 fully saturated rings. The predicted octanol–water partition coefficient (Wildman–Crippen LogP) is 3.29. The highest BCUT2D eigenvalue weighted by molar-refractivity contribution is 9.10. The van der Waals surface area contributed by atoms with Gasteiger partial charge in [0, 0.05) is 4.47 Å². The van der Waals surface area contributed by atoms with Crippen LogP contribution >= 0.6 is 15.9 Å². The molecule has 0 atom stereocenters. The van der Waals surface area contributed by atoms with Gasteiger partial charge in [-0.2, -0.15) is 5.26 Å². The first-order valence-corrected chi connectivity index (χ1v) is 7.44. The minimum Gasteiger partial charge on any atom is -0.218 e. The number of halogens is 2. The third-order valence-electron chi connectivity index (χ3n) is 2.50. The zero-order valence-corrected chi connectivity index (χ0v) is 11.9. The second kappa shape index (κ2) is 5.11. The van der Waals surface area contributed by atoms with Gasteiger partial charge in [-0.3, -0.25) is 0 Å². The van der Waals surface area contributed by atoms with E-state index in [2.05, 4.69) is 15.9 Å². The zero-order chi connectivity index (χ0) is 14.0. The van der Waals surface area contributed by atoms with Crippen LogP contribution in [0.1, 0.15) is 5.56 Å². The Morgan fingerprint density at radius 1 is 1.05 bits per heavy atom. The fourth-order valence-corrected chi connectivity index (χ4v) is 4.03. The second-order valence-corrected chi connectivity index (χ2v) is 6.40. The van der Waals surface area contributed by atoms with Gasteiger partial charge in [0.05, 0.1) is 9.79 Å². The molecule has 0 heterocycles. The van der Waals surface area contributed by atoms with E-state index in [4.69, 9.17) is 5.26 Å². The summed E-state index contributed by atoms with van der Waals surface area (Å²) in [6, 6.07) is 11.3. The lowest BCUT2D eigenvalue weighted by molar-refractivity contribution is 0.589. The summed E-state index contributed by atoms with van der Waals surface area (Å²) in [5.74, 6) is -0.851. The lowest BCUT2D eigenvalue weighted by Crippen LogP contribution is -2.06. The van der Waals surface area contributed by atoms with Crippen LogP contribution in [0.5, 0.6) is 0 Å². The van der Waals surface area contributed by atoms with E-state index in [1.54, 1.807) is 24.3 Å². The van der Waals surface area contributed by atoms with Crippen LogP contribution < -0.4 is 0 Å². The first-order valence-electron chi connectivity index (χ1n) is 5.16. The molecule has 3 nitrogen and oxygen atoms in total. The van der Waals surface area contributed by atoms with Gasteiger partial charge in [0.1, 0.15) is 17.4 Å². The Morgan fingerprint density at radius 3 is 2.32 bits per heavy atom. The Hall–Kier alpha value is -1.71. The molecule has 0 bridgehead atoms. The summed E-state index contributed by atoms with van der Waals surface area (Å²) in [6.07, 6.45) is 0. The van der Waals surface area contributed by atoms with Crippen molar-refractivity contribution in [2.24, 2.45) is 0 Å². The average molecular weight is 340 g/mol. The van der Waals surface area contributed by atoms with Crippen LogP contribution in [0.15, 0.2) is 56.7 Å². The largest absolute Gasteiger partial charge is 0.218 e. The number of nitriles is 1. The fourth-order valence-electron chi connectivity index (χ4n) is 1.62. The highest BCUT2D eigenvalue weighted by atomic mass is 79.9. The summed E-state index contributed by atoms with van der Waals surface area (Å²) in [4.78, 5) is -0.334. The quantitative estimate of drug-likeness (QED) is 0.843. The average Bonchev–Trinajstić information content (AvgIpc) is 2.38. The topological polar surface area (TPSA) is 57.9 Å². The number of hydrogen-bond acceptors (Lipinski definition) is 3. The molecule has 0 radical (unpaired) electrons. The molecule has 0 aliphatic rings. The van der Waals surface area contributed by atoms with Crippen molar-refractivity contribution >= 4 is 25.8 Å². The van der Waals surface area contributed by atoms with Gasteiger partial charge in [0.25, 0.3) is 0 Å². The third kappa shape index (κ3) is 2.39. The van der Waals surface area contributed by atoms with Crippen molar-refractivity contribution in [3.63, 3.8) is 0 Å². The Balaban J connectivity index is 2.76. The summed E-state index contributed by atoms with van der Waals surface area (Å²) in [5.41, 5.74) is -0.474. The maximum absolute atomic E-state index is 13.5. The van der Waals surface area contributed by atoms with Crippen molar-refractivity contribution in [3.05, 3.63) is 58.3 Å². The van der Waals surface area contributed by atoms with Crippen LogP contribution in [0, 0.1) is 17.1 Å². The van der Waals surface area contributed by atoms with Crippen molar-refractivity contribution in [1.29, 1.82) is 5.26 Å². The Bertz CT molecular complexity index is 781. The molecule has 96 valence electrons. The maximum Gasteiger partial charge on any atom is 0.209 e. The summed E-state index contributed by atoms with van der Waals surface area (Å²) in [5, 5.41) is 8.91. The molecule has 0 spiro atoms. The zero-order valence-electron chi connectivity index (χ0n) is 9.47. The van der Waals surface area contributed by atoms with E-state index in [1.807, 2.05) is 0 Å². The first-order chi connectivity index (χ1) is 8.98. The Kier molecular flexibility index (Phi) is 3.69. The lowest BCUT2D eigenvalue weighted by Gasteiger charge is -2.08. The molecule has 0 aliphatic heterocycles. The van der Waals surface area contributed by atoms with E-state index in [0.29, 0.717) is 4.47 Å². The molecule has 0 amide bonds. The van der Waals surface area contributed by atoms with Gasteiger partial charge in [-0.15, -0.1) is 0 Å². The predicted molar refractivity (Wildman–Crippen MR) is 70.7 cm³/mol. The van der Waals surface area contributed by atoms with Crippen LogP contribution in [-0.2, 0) is 9.84 Å². The van der Waals surface area contributed by atoms with Crippen LogP contribution in [0.4, 0.5) is 4.39 Å². The van der Waals surface area contributed by atoms with Gasteiger partial charge < -0.3 is 0 Å². The standard InChI is InChI=1S/C13H7BrFNO2S/c14-10-4-1-2-6-13(10)19(17,18)12-7-3-5-11(15)9(12)8-16/h1-7H. The molecule has 0 saturated heterocycles. The molecule has 2 aromatic carbocycles. The summed E-state index contributed by atoms with van der Waals surface area (Å²) < 4.78 is 38.7. The molecule has 0 saturated carbocycles. The van der Waals surface area contributed by atoms with Gasteiger partial charge in [-0.1, -0.05) is 18.2 Å². The van der Waals surface area contributed by atoms with Crippen molar-refractivity contribution in [2.45, 2.75) is 9.79 Å². The first kappa shape index (κ1) is 13.7. The number of rotatable bonds is 2. The molecule has 19 heavy (non-hydrogen) atoms. The maximum atomic E-state index is 13.5. The summed E-state index contributed by atoms with van der Waals surface area (Å²) in [6.45, 7) is 0. The lowest BCUT2D eigenvalue weighted by atomic mass is 10.2. The number of nitrogens with zero attached hydrogens (tertiary/aromatic N) is 1. The Morgan fingerprint density at radius 2 is 1.68 bits per heavy atom. The Labute approximate surface area is 118 Å². The molecule has 0 aliphatic carbocycles. The normalized spacial score (nSPS) is 11.0. The van der Waals surface area contributed by atoms with E-state index in [-0.39, 0.29) is 9.79 Å². The number of benzene rings is 2. The van der Waals surface area contributed by atoms with Gasteiger partial charge in [0.15, 0.2) is 0 Å². The smallest absolute Gasteiger partial charge is 0.209 e.